The maximum Gasteiger partial charge on any atom is 0.416 e. The van der Waals surface area contributed by atoms with Gasteiger partial charge in [0, 0.05) is 5.56 Å². The number of hydrogen-bond acceptors (Lipinski definition) is 2. The lowest BCUT2D eigenvalue weighted by Gasteiger charge is -2.12. The maximum atomic E-state index is 12.7. The molecule has 0 heterocycles. The van der Waals surface area contributed by atoms with Crippen molar-refractivity contribution in [2.45, 2.75) is 19.7 Å². The molecular formula is C22H19F3N2O. The van der Waals surface area contributed by atoms with Crippen LogP contribution in [0.5, 0.6) is 0 Å². The monoisotopic (exact) mass is 384 g/mol. The molecule has 3 nitrogen and oxygen atoms in total. The molecule has 3 rings (SSSR count). The van der Waals surface area contributed by atoms with Gasteiger partial charge in [0.05, 0.1) is 17.9 Å². The number of aliphatic imine (C=N–C) groups is 1. The van der Waals surface area contributed by atoms with Gasteiger partial charge in [-0.25, -0.2) is 10.5 Å². The van der Waals surface area contributed by atoms with Crippen LogP contribution in [0.4, 0.5) is 18.9 Å². The van der Waals surface area contributed by atoms with Crippen molar-refractivity contribution in [2.24, 2.45) is 4.99 Å². The predicted molar refractivity (Wildman–Crippen MR) is 103 cm³/mol. The molecule has 144 valence electrons. The van der Waals surface area contributed by atoms with Crippen molar-refractivity contribution in [3.05, 3.63) is 101 Å². The number of hydroxylamine groups is 1. The lowest BCUT2D eigenvalue weighted by molar-refractivity contribution is -0.137. The van der Waals surface area contributed by atoms with E-state index in [-0.39, 0.29) is 0 Å². The van der Waals surface area contributed by atoms with Crippen molar-refractivity contribution in [2.75, 3.05) is 0 Å². The number of benzene rings is 3. The predicted octanol–water partition coefficient (Wildman–Crippen LogP) is 5.81. The minimum Gasteiger partial charge on any atom is -0.270 e. The molecule has 0 bridgehead atoms. The molecule has 6 heteroatoms. The quantitative estimate of drug-likeness (QED) is 0.342. The molecule has 0 saturated carbocycles. The third-order valence-corrected chi connectivity index (χ3v) is 4.01. The van der Waals surface area contributed by atoms with Gasteiger partial charge in [-0.05, 0) is 36.8 Å². The summed E-state index contributed by atoms with van der Waals surface area (Å²) in [4.78, 5) is 9.98. The third kappa shape index (κ3) is 5.44. The first-order chi connectivity index (χ1) is 13.4. The van der Waals surface area contributed by atoms with Crippen LogP contribution in [0.1, 0.15) is 22.3 Å². The highest BCUT2D eigenvalue weighted by molar-refractivity contribution is 5.99. The number of halogens is 3. The fourth-order valence-corrected chi connectivity index (χ4v) is 2.47. The van der Waals surface area contributed by atoms with Crippen molar-refractivity contribution in [3.63, 3.8) is 0 Å². The molecule has 0 radical (unpaired) electrons. The zero-order valence-corrected chi connectivity index (χ0v) is 15.2. The minimum absolute atomic E-state index is 0.318. The van der Waals surface area contributed by atoms with Crippen molar-refractivity contribution >= 4 is 11.5 Å². The van der Waals surface area contributed by atoms with Gasteiger partial charge >= 0.3 is 6.18 Å². The van der Waals surface area contributed by atoms with Gasteiger partial charge in [0.25, 0.3) is 0 Å². The minimum atomic E-state index is -4.38. The Kier molecular flexibility index (Phi) is 6.11. The molecule has 0 aliphatic heterocycles. The first-order valence-electron chi connectivity index (χ1n) is 8.66. The summed E-state index contributed by atoms with van der Waals surface area (Å²) in [6, 6.07) is 21.9. The van der Waals surface area contributed by atoms with Crippen LogP contribution in [0.25, 0.3) is 0 Å². The number of hydrogen-bond donors (Lipinski definition) is 1. The zero-order valence-electron chi connectivity index (χ0n) is 15.2. The Morgan fingerprint density at radius 2 is 1.54 bits per heavy atom. The second kappa shape index (κ2) is 8.71. The fourth-order valence-electron chi connectivity index (χ4n) is 2.47. The van der Waals surface area contributed by atoms with Gasteiger partial charge in [0.2, 0.25) is 0 Å². The van der Waals surface area contributed by atoms with Crippen LogP contribution in [-0.4, -0.2) is 5.84 Å². The van der Waals surface area contributed by atoms with Crippen LogP contribution < -0.4 is 5.48 Å². The number of rotatable bonds is 5. The Morgan fingerprint density at radius 1 is 0.893 bits per heavy atom. The van der Waals surface area contributed by atoms with Crippen LogP contribution >= 0.6 is 0 Å². The second-order valence-electron chi connectivity index (χ2n) is 6.25. The molecule has 0 aromatic heterocycles. The molecule has 0 spiro atoms. The molecule has 0 atom stereocenters. The molecule has 3 aromatic rings. The number of nitrogens with one attached hydrogen (secondary N) is 1. The second-order valence-corrected chi connectivity index (χ2v) is 6.25. The van der Waals surface area contributed by atoms with E-state index in [1.165, 1.54) is 12.1 Å². The van der Waals surface area contributed by atoms with E-state index in [1.54, 1.807) is 0 Å². The van der Waals surface area contributed by atoms with E-state index in [0.717, 1.165) is 28.8 Å². The molecule has 0 saturated heterocycles. The van der Waals surface area contributed by atoms with Gasteiger partial charge in [-0.1, -0.05) is 60.2 Å². The van der Waals surface area contributed by atoms with Crippen molar-refractivity contribution < 1.29 is 18.0 Å². The Morgan fingerprint density at radius 3 is 2.14 bits per heavy atom. The van der Waals surface area contributed by atoms with Gasteiger partial charge < -0.3 is 0 Å². The Bertz CT molecular complexity index is 919. The fraction of sp³-hybridized carbons (Fsp3) is 0.136. The summed E-state index contributed by atoms with van der Waals surface area (Å²) in [5, 5.41) is 0. The molecule has 0 unspecified atom stereocenters. The SMILES string of the molecule is Cc1ccc(C(=Nc2ccc(C(F)(F)F)cc2)NOCc2ccccc2)cc1. The standard InChI is InChI=1S/C22H19F3N2O/c1-16-7-9-18(10-8-16)21(27-28-15-17-5-3-2-4-6-17)26-20-13-11-19(12-14-20)22(23,24)25/h2-14H,15H2,1H3,(H,26,27). The molecule has 3 aromatic carbocycles. The summed E-state index contributed by atoms with van der Waals surface area (Å²) >= 11 is 0. The molecular weight excluding hydrogens is 365 g/mol. The van der Waals surface area contributed by atoms with Crippen LogP contribution in [0.2, 0.25) is 0 Å². The van der Waals surface area contributed by atoms with E-state index in [9.17, 15) is 13.2 Å². The van der Waals surface area contributed by atoms with E-state index in [0.29, 0.717) is 18.1 Å². The lowest BCUT2D eigenvalue weighted by Crippen LogP contribution is -2.24. The lowest BCUT2D eigenvalue weighted by atomic mass is 10.1. The van der Waals surface area contributed by atoms with Gasteiger partial charge in [-0.15, -0.1) is 0 Å². The summed E-state index contributed by atoms with van der Waals surface area (Å²) in [5.41, 5.74) is 5.33. The maximum absolute atomic E-state index is 12.7. The molecule has 0 aliphatic carbocycles. The van der Waals surface area contributed by atoms with E-state index < -0.39 is 11.7 Å². The van der Waals surface area contributed by atoms with Crippen LogP contribution in [0, 0.1) is 6.92 Å². The van der Waals surface area contributed by atoms with Crippen molar-refractivity contribution in [1.29, 1.82) is 0 Å². The van der Waals surface area contributed by atoms with Gasteiger partial charge in [0.15, 0.2) is 5.84 Å². The highest BCUT2D eigenvalue weighted by atomic mass is 19.4. The van der Waals surface area contributed by atoms with E-state index in [2.05, 4.69) is 10.5 Å². The summed E-state index contributed by atoms with van der Waals surface area (Å²) in [6.07, 6.45) is -4.38. The average molecular weight is 384 g/mol. The summed E-state index contributed by atoms with van der Waals surface area (Å²) in [6.45, 7) is 2.29. The molecule has 0 amide bonds. The van der Waals surface area contributed by atoms with Crippen molar-refractivity contribution in [3.8, 4) is 0 Å². The molecule has 1 N–H and O–H groups in total. The van der Waals surface area contributed by atoms with Crippen LogP contribution in [0.3, 0.4) is 0 Å². The molecule has 28 heavy (non-hydrogen) atoms. The van der Waals surface area contributed by atoms with Gasteiger partial charge in [0.1, 0.15) is 0 Å². The summed E-state index contributed by atoms with van der Waals surface area (Å²) in [7, 11) is 0. The number of aryl methyl sites for hydroxylation is 1. The Labute approximate surface area is 161 Å². The van der Waals surface area contributed by atoms with E-state index in [4.69, 9.17) is 4.84 Å². The Hall–Kier alpha value is -3.12. The Balaban J connectivity index is 1.81. The topological polar surface area (TPSA) is 33.6 Å². The van der Waals surface area contributed by atoms with Crippen molar-refractivity contribution in [1.82, 2.24) is 5.48 Å². The first kappa shape index (κ1) is 19.6. The molecule has 0 fully saturated rings. The average Bonchev–Trinajstić information content (AvgIpc) is 2.68. The molecule has 0 aliphatic rings. The van der Waals surface area contributed by atoms with E-state index in [1.807, 2.05) is 61.5 Å². The van der Waals surface area contributed by atoms with Gasteiger partial charge in [-0.3, -0.25) is 4.84 Å². The zero-order chi connectivity index (χ0) is 20.0. The van der Waals surface area contributed by atoms with Crippen LogP contribution in [0.15, 0.2) is 83.9 Å². The third-order valence-electron chi connectivity index (χ3n) is 4.01. The highest BCUT2D eigenvalue weighted by Gasteiger charge is 2.29. The number of alkyl halides is 3. The largest absolute Gasteiger partial charge is 0.416 e. The number of nitrogens with zero attached hydrogens (tertiary/aromatic N) is 1. The summed E-state index contributed by atoms with van der Waals surface area (Å²) < 4.78 is 38.2. The smallest absolute Gasteiger partial charge is 0.270 e. The van der Waals surface area contributed by atoms with Crippen LogP contribution in [-0.2, 0) is 17.6 Å². The normalized spacial score (nSPS) is 12.1. The van der Waals surface area contributed by atoms with E-state index >= 15 is 0 Å². The number of amidine groups is 1. The summed E-state index contributed by atoms with van der Waals surface area (Å²) in [5.74, 6) is 0.413. The van der Waals surface area contributed by atoms with Gasteiger partial charge in [-0.2, -0.15) is 13.2 Å². The first-order valence-corrected chi connectivity index (χ1v) is 8.66. The highest BCUT2D eigenvalue weighted by Crippen LogP contribution is 2.30.